The van der Waals surface area contributed by atoms with Crippen LogP contribution in [0.1, 0.15) is 36.9 Å². The van der Waals surface area contributed by atoms with Crippen molar-refractivity contribution < 1.29 is 9.13 Å². The summed E-state index contributed by atoms with van der Waals surface area (Å²) in [6.07, 6.45) is 2.61. The molecule has 0 saturated carbocycles. The van der Waals surface area contributed by atoms with Crippen LogP contribution in [0.4, 0.5) is 4.39 Å². The van der Waals surface area contributed by atoms with Crippen molar-refractivity contribution in [2.75, 3.05) is 13.2 Å². The molecule has 2 rings (SSSR count). The Kier molecular flexibility index (Phi) is 4.13. The van der Waals surface area contributed by atoms with Gasteiger partial charge >= 0.3 is 0 Å². The molecular weight excluding hydrogens is 217 g/mol. The highest BCUT2D eigenvalue weighted by Gasteiger charge is 2.16. The molecule has 1 heterocycles. The summed E-state index contributed by atoms with van der Waals surface area (Å²) in [5.41, 5.74) is 1.69. The van der Waals surface area contributed by atoms with Crippen LogP contribution < -0.4 is 5.32 Å². The van der Waals surface area contributed by atoms with Crippen molar-refractivity contribution in [2.24, 2.45) is 0 Å². The second-order valence-electron chi connectivity index (χ2n) is 4.77. The van der Waals surface area contributed by atoms with Gasteiger partial charge in [-0.25, -0.2) is 4.39 Å². The van der Waals surface area contributed by atoms with Gasteiger partial charge < -0.3 is 10.1 Å². The summed E-state index contributed by atoms with van der Waals surface area (Å²) in [5.74, 6) is -0.131. The standard InChI is InChI=1S/C14H20FNO/c1-10-5-6-12(8-14(10)15)11(2)16-9-13-4-3-7-17-13/h5-6,8,11,13,16H,3-4,7,9H2,1-2H3. The second kappa shape index (κ2) is 5.61. The SMILES string of the molecule is Cc1ccc(C(C)NCC2CCCO2)cc1F. The van der Waals surface area contributed by atoms with E-state index in [1.165, 1.54) is 0 Å². The molecule has 94 valence electrons. The topological polar surface area (TPSA) is 21.3 Å². The molecule has 1 aromatic carbocycles. The van der Waals surface area contributed by atoms with Gasteiger partial charge in [-0.05, 0) is 43.9 Å². The fraction of sp³-hybridized carbons (Fsp3) is 0.571. The van der Waals surface area contributed by atoms with Gasteiger partial charge in [-0.1, -0.05) is 12.1 Å². The van der Waals surface area contributed by atoms with Crippen LogP contribution >= 0.6 is 0 Å². The van der Waals surface area contributed by atoms with E-state index in [4.69, 9.17) is 4.74 Å². The molecule has 2 nitrogen and oxygen atoms in total. The Labute approximate surface area is 102 Å². The number of hydrogen-bond donors (Lipinski definition) is 1. The van der Waals surface area contributed by atoms with Crippen molar-refractivity contribution >= 4 is 0 Å². The molecule has 1 aliphatic rings. The first-order chi connectivity index (χ1) is 8.16. The Bertz CT molecular complexity index is 374. The number of benzene rings is 1. The van der Waals surface area contributed by atoms with Crippen LogP contribution in [-0.2, 0) is 4.74 Å². The van der Waals surface area contributed by atoms with E-state index in [-0.39, 0.29) is 11.9 Å². The van der Waals surface area contributed by atoms with Crippen LogP contribution in [0.25, 0.3) is 0 Å². The predicted molar refractivity (Wildman–Crippen MR) is 66.5 cm³/mol. The minimum Gasteiger partial charge on any atom is -0.377 e. The van der Waals surface area contributed by atoms with Gasteiger partial charge in [0.15, 0.2) is 0 Å². The molecule has 1 fully saturated rings. The Morgan fingerprint density at radius 2 is 2.35 bits per heavy atom. The number of nitrogens with one attached hydrogen (secondary N) is 1. The number of hydrogen-bond acceptors (Lipinski definition) is 2. The van der Waals surface area contributed by atoms with Gasteiger partial charge in [-0.2, -0.15) is 0 Å². The van der Waals surface area contributed by atoms with E-state index in [1.807, 2.05) is 12.1 Å². The number of aryl methyl sites for hydroxylation is 1. The van der Waals surface area contributed by atoms with E-state index in [0.717, 1.165) is 31.6 Å². The van der Waals surface area contributed by atoms with E-state index in [2.05, 4.69) is 12.2 Å². The fourth-order valence-corrected chi connectivity index (χ4v) is 2.11. The summed E-state index contributed by atoms with van der Waals surface area (Å²) >= 11 is 0. The molecule has 1 saturated heterocycles. The van der Waals surface area contributed by atoms with Crippen LogP contribution in [-0.4, -0.2) is 19.3 Å². The van der Waals surface area contributed by atoms with Gasteiger partial charge in [0.05, 0.1) is 6.10 Å². The lowest BCUT2D eigenvalue weighted by Crippen LogP contribution is -2.28. The largest absolute Gasteiger partial charge is 0.377 e. The maximum absolute atomic E-state index is 13.4. The van der Waals surface area contributed by atoms with Crippen LogP contribution in [0, 0.1) is 12.7 Å². The Hall–Kier alpha value is -0.930. The average Bonchev–Trinajstić information content (AvgIpc) is 2.82. The molecule has 1 aromatic rings. The third kappa shape index (κ3) is 3.27. The molecule has 0 aromatic heterocycles. The maximum Gasteiger partial charge on any atom is 0.126 e. The second-order valence-corrected chi connectivity index (χ2v) is 4.77. The molecule has 0 aliphatic carbocycles. The monoisotopic (exact) mass is 237 g/mol. The van der Waals surface area contributed by atoms with E-state index >= 15 is 0 Å². The summed E-state index contributed by atoms with van der Waals surface area (Å²) in [5, 5.41) is 3.40. The van der Waals surface area contributed by atoms with Gasteiger partial charge in [-0.15, -0.1) is 0 Å². The highest BCUT2D eigenvalue weighted by atomic mass is 19.1. The zero-order chi connectivity index (χ0) is 12.3. The van der Waals surface area contributed by atoms with Gasteiger partial charge in [0.1, 0.15) is 5.82 Å². The Balaban J connectivity index is 1.89. The first-order valence-corrected chi connectivity index (χ1v) is 6.28. The lowest BCUT2D eigenvalue weighted by atomic mass is 10.1. The molecule has 17 heavy (non-hydrogen) atoms. The van der Waals surface area contributed by atoms with Gasteiger partial charge in [0.25, 0.3) is 0 Å². The molecule has 1 aliphatic heterocycles. The van der Waals surface area contributed by atoms with Crippen LogP contribution in [0.15, 0.2) is 18.2 Å². The predicted octanol–water partition coefficient (Wildman–Crippen LogP) is 2.96. The summed E-state index contributed by atoms with van der Waals surface area (Å²) in [7, 11) is 0. The van der Waals surface area contributed by atoms with E-state index in [0.29, 0.717) is 11.7 Å². The summed E-state index contributed by atoms with van der Waals surface area (Å²) in [6.45, 7) is 5.55. The quantitative estimate of drug-likeness (QED) is 0.869. The average molecular weight is 237 g/mol. The highest BCUT2D eigenvalue weighted by Crippen LogP contribution is 2.17. The first-order valence-electron chi connectivity index (χ1n) is 6.28. The van der Waals surface area contributed by atoms with Crippen LogP contribution in [0.5, 0.6) is 0 Å². The Morgan fingerprint density at radius 3 is 3.00 bits per heavy atom. The van der Waals surface area contributed by atoms with Crippen LogP contribution in [0.2, 0.25) is 0 Å². The third-order valence-corrected chi connectivity index (χ3v) is 3.37. The number of rotatable bonds is 4. The lowest BCUT2D eigenvalue weighted by Gasteiger charge is -2.17. The van der Waals surface area contributed by atoms with Gasteiger partial charge in [0.2, 0.25) is 0 Å². The van der Waals surface area contributed by atoms with Crippen molar-refractivity contribution in [2.45, 2.75) is 38.8 Å². The zero-order valence-electron chi connectivity index (χ0n) is 10.5. The van der Waals surface area contributed by atoms with Gasteiger partial charge in [0, 0.05) is 19.2 Å². The van der Waals surface area contributed by atoms with Crippen molar-refractivity contribution in [1.29, 1.82) is 0 Å². The summed E-state index contributed by atoms with van der Waals surface area (Å²) in [4.78, 5) is 0. The minimum absolute atomic E-state index is 0.131. The number of ether oxygens (including phenoxy) is 1. The molecule has 2 unspecified atom stereocenters. The highest BCUT2D eigenvalue weighted by molar-refractivity contribution is 5.25. The molecule has 0 spiro atoms. The van der Waals surface area contributed by atoms with Crippen molar-refractivity contribution in [3.05, 3.63) is 35.1 Å². The number of halogens is 1. The summed E-state index contributed by atoms with van der Waals surface area (Å²) < 4.78 is 19.0. The molecule has 0 amide bonds. The fourth-order valence-electron chi connectivity index (χ4n) is 2.11. The smallest absolute Gasteiger partial charge is 0.126 e. The zero-order valence-corrected chi connectivity index (χ0v) is 10.5. The molecule has 0 bridgehead atoms. The maximum atomic E-state index is 13.4. The summed E-state index contributed by atoms with van der Waals surface area (Å²) in [6, 6.07) is 5.58. The molecule has 1 N–H and O–H groups in total. The lowest BCUT2D eigenvalue weighted by molar-refractivity contribution is 0.108. The van der Waals surface area contributed by atoms with Crippen molar-refractivity contribution in [3.8, 4) is 0 Å². The van der Waals surface area contributed by atoms with Crippen molar-refractivity contribution in [3.63, 3.8) is 0 Å². The first kappa shape index (κ1) is 12.5. The minimum atomic E-state index is -0.131. The van der Waals surface area contributed by atoms with E-state index in [9.17, 15) is 4.39 Å². The third-order valence-electron chi connectivity index (χ3n) is 3.37. The molecule has 0 radical (unpaired) electrons. The van der Waals surface area contributed by atoms with E-state index in [1.54, 1.807) is 13.0 Å². The molecule has 3 heteroatoms. The molecule has 2 atom stereocenters. The van der Waals surface area contributed by atoms with Gasteiger partial charge in [-0.3, -0.25) is 0 Å². The van der Waals surface area contributed by atoms with Crippen molar-refractivity contribution in [1.82, 2.24) is 5.32 Å². The Morgan fingerprint density at radius 1 is 1.53 bits per heavy atom. The van der Waals surface area contributed by atoms with Crippen LogP contribution in [0.3, 0.4) is 0 Å². The molecular formula is C14H20FNO. The normalized spacial score (nSPS) is 21.7. The van der Waals surface area contributed by atoms with E-state index < -0.39 is 0 Å².